The standard InChI is InChI=1S/C24H28N2O3/c1-3-25-22(27)15-29-20-11-10-17-12-13-26(24(28)19-8-9-19)23(21(17)14-20)18-6-4-16(2)5-7-18/h4-7,10-11,14,19,23H,3,8-9,12-13,15H2,1-2H3,(H,25,27)/t23-/m0/s1. The van der Waals surface area contributed by atoms with Gasteiger partial charge in [-0.3, -0.25) is 9.59 Å². The van der Waals surface area contributed by atoms with Gasteiger partial charge in [0.2, 0.25) is 5.91 Å². The number of ether oxygens (including phenoxy) is 1. The summed E-state index contributed by atoms with van der Waals surface area (Å²) in [6, 6.07) is 14.3. The number of carbonyl (C=O) groups excluding carboxylic acids is 2. The summed E-state index contributed by atoms with van der Waals surface area (Å²) in [6.45, 7) is 5.26. The Hall–Kier alpha value is -2.82. The highest BCUT2D eigenvalue weighted by atomic mass is 16.5. The number of fused-ring (bicyclic) bond motifs is 1. The van der Waals surface area contributed by atoms with Crippen LogP contribution in [0.4, 0.5) is 0 Å². The third-order valence-corrected chi connectivity index (χ3v) is 5.69. The summed E-state index contributed by atoms with van der Waals surface area (Å²) in [5.74, 6) is 0.968. The molecule has 2 aliphatic rings. The van der Waals surface area contributed by atoms with E-state index in [2.05, 4.69) is 42.6 Å². The number of hydrogen-bond acceptors (Lipinski definition) is 3. The van der Waals surface area contributed by atoms with E-state index < -0.39 is 0 Å². The molecule has 2 aromatic carbocycles. The molecule has 29 heavy (non-hydrogen) atoms. The molecule has 0 unspecified atom stereocenters. The number of carbonyl (C=O) groups is 2. The van der Waals surface area contributed by atoms with Gasteiger partial charge in [0, 0.05) is 19.0 Å². The minimum atomic E-state index is -0.133. The van der Waals surface area contributed by atoms with E-state index >= 15 is 0 Å². The van der Waals surface area contributed by atoms with Gasteiger partial charge in [-0.05, 0) is 61.9 Å². The van der Waals surface area contributed by atoms with Crippen molar-refractivity contribution >= 4 is 11.8 Å². The van der Waals surface area contributed by atoms with Gasteiger partial charge in [-0.2, -0.15) is 0 Å². The van der Waals surface area contributed by atoms with E-state index in [0.717, 1.165) is 36.9 Å². The molecule has 1 aliphatic heterocycles. The first kappa shape index (κ1) is 19.5. The fourth-order valence-electron chi connectivity index (χ4n) is 3.99. The number of benzene rings is 2. The summed E-state index contributed by atoms with van der Waals surface area (Å²) in [4.78, 5) is 26.8. The van der Waals surface area contributed by atoms with Crippen molar-refractivity contribution in [1.29, 1.82) is 0 Å². The molecule has 1 atom stereocenters. The van der Waals surface area contributed by atoms with Gasteiger partial charge in [0.1, 0.15) is 5.75 Å². The predicted octanol–water partition coefficient (Wildman–Crippen LogP) is 3.39. The molecular formula is C24H28N2O3. The first-order valence-corrected chi connectivity index (χ1v) is 10.5. The van der Waals surface area contributed by atoms with E-state index in [-0.39, 0.29) is 30.4 Å². The molecule has 0 bridgehead atoms. The number of nitrogens with one attached hydrogen (secondary N) is 1. The van der Waals surface area contributed by atoms with Crippen molar-refractivity contribution in [2.45, 2.75) is 39.2 Å². The van der Waals surface area contributed by atoms with Crippen molar-refractivity contribution in [2.24, 2.45) is 5.92 Å². The number of aryl methyl sites for hydroxylation is 1. The topological polar surface area (TPSA) is 58.6 Å². The summed E-state index contributed by atoms with van der Waals surface area (Å²) in [5.41, 5.74) is 4.65. The molecule has 5 nitrogen and oxygen atoms in total. The third-order valence-electron chi connectivity index (χ3n) is 5.69. The zero-order valence-electron chi connectivity index (χ0n) is 17.1. The average Bonchev–Trinajstić information content (AvgIpc) is 3.57. The molecule has 0 saturated heterocycles. The fourth-order valence-corrected chi connectivity index (χ4v) is 3.99. The smallest absolute Gasteiger partial charge is 0.257 e. The van der Waals surface area contributed by atoms with Crippen LogP contribution in [-0.2, 0) is 16.0 Å². The van der Waals surface area contributed by atoms with Crippen LogP contribution in [0.2, 0.25) is 0 Å². The number of nitrogens with zero attached hydrogens (tertiary/aromatic N) is 1. The highest BCUT2D eigenvalue weighted by molar-refractivity contribution is 5.82. The molecule has 1 N–H and O–H groups in total. The zero-order valence-corrected chi connectivity index (χ0v) is 17.1. The van der Waals surface area contributed by atoms with Gasteiger partial charge in [0.15, 0.2) is 6.61 Å². The van der Waals surface area contributed by atoms with E-state index in [1.165, 1.54) is 11.1 Å². The van der Waals surface area contributed by atoms with E-state index in [1.54, 1.807) is 0 Å². The number of rotatable bonds is 6. The quantitative estimate of drug-likeness (QED) is 0.820. The molecule has 0 aromatic heterocycles. The third kappa shape index (κ3) is 4.29. The van der Waals surface area contributed by atoms with Crippen LogP contribution in [0, 0.1) is 12.8 Å². The Balaban J connectivity index is 1.66. The highest BCUT2D eigenvalue weighted by Gasteiger charge is 2.39. The molecule has 0 radical (unpaired) electrons. The van der Waals surface area contributed by atoms with Crippen molar-refractivity contribution in [3.8, 4) is 5.75 Å². The molecular weight excluding hydrogens is 364 g/mol. The number of hydrogen-bond donors (Lipinski definition) is 1. The molecule has 0 spiro atoms. The largest absolute Gasteiger partial charge is 0.484 e. The van der Waals surface area contributed by atoms with E-state index in [0.29, 0.717) is 12.3 Å². The minimum Gasteiger partial charge on any atom is -0.484 e. The lowest BCUT2D eigenvalue weighted by atomic mass is 9.87. The molecule has 1 saturated carbocycles. The first-order valence-electron chi connectivity index (χ1n) is 10.5. The molecule has 5 heteroatoms. The lowest BCUT2D eigenvalue weighted by Gasteiger charge is -2.38. The molecule has 152 valence electrons. The van der Waals surface area contributed by atoms with Crippen molar-refractivity contribution in [3.05, 3.63) is 64.7 Å². The average molecular weight is 392 g/mol. The van der Waals surface area contributed by atoms with Gasteiger partial charge < -0.3 is 15.0 Å². The van der Waals surface area contributed by atoms with Crippen LogP contribution in [-0.4, -0.2) is 36.4 Å². The lowest BCUT2D eigenvalue weighted by Crippen LogP contribution is -2.41. The van der Waals surface area contributed by atoms with Crippen molar-refractivity contribution in [3.63, 3.8) is 0 Å². The Morgan fingerprint density at radius 1 is 1.14 bits per heavy atom. The maximum Gasteiger partial charge on any atom is 0.257 e. The van der Waals surface area contributed by atoms with Crippen LogP contribution in [0.5, 0.6) is 5.75 Å². The highest BCUT2D eigenvalue weighted by Crippen LogP contribution is 2.41. The minimum absolute atomic E-state index is 0.00740. The zero-order chi connectivity index (χ0) is 20.4. The number of likely N-dealkylation sites (N-methyl/N-ethyl adjacent to an activating group) is 1. The van der Waals surface area contributed by atoms with Gasteiger partial charge in [0.05, 0.1) is 6.04 Å². The van der Waals surface area contributed by atoms with E-state index in [1.807, 2.05) is 24.0 Å². The molecule has 1 heterocycles. The van der Waals surface area contributed by atoms with Crippen LogP contribution in [0.1, 0.15) is 48.1 Å². The summed E-state index contributed by atoms with van der Waals surface area (Å²) < 4.78 is 5.73. The van der Waals surface area contributed by atoms with Gasteiger partial charge >= 0.3 is 0 Å². The van der Waals surface area contributed by atoms with Crippen LogP contribution >= 0.6 is 0 Å². The summed E-state index contributed by atoms with van der Waals surface area (Å²) in [6.07, 6.45) is 2.84. The van der Waals surface area contributed by atoms with Gasteiger partial charge in [-0.15, -0.1) is 0 Å². The molecule has 1 aliphatic carbocycles. The second-order valence-corrected chi connectivity index (χ2v) is 7.97. The van der Waals surface area contributed by atoms with E-state index in [9.17, 15) is 9.59 Å². The molecule has 2 aromatic rings. The lowest BCUT2D eigenvalue weighted by molar-refractivity contribution is -0.134. The van der Waals surface area contributed by atoms with Gasteiger partial charge in [-0.25, -0.2) is 0 Å². The second-order valence-electron chi connectivity index (χ2n) is 7.97. The number of amides is 2. The second kappa shape index (κ2) is 8.27. The monoisotopic (exact) mass is 392 g/mol. The Morgan fingerprint density at radius 3 is 2.59 bits per heavy atom. The predicted molar refractivity (Wildman–Crippen MR) is 112 cm³/mol. The van der Waals surface area contributed by atoms with Crippen molar-refractivity contribution < 1.29 is 14.3 Å². The van der Waals surface area contributed by atoms with Gasteiger partial charge in [0.25, 0.3) is 5.91 Å². The first-order chi connectivity index (χ1) is 14.1. The van der Waals surface area contributed by atoms with Crippen LogP contribution in [0.3, 0.4) is 0 Å². The van der Waals surface area contributed by atoms with Crippen molar-refractivity contribution in [1.82, 2.24) is 10.2 Å². The summed E-state index contributed by atoms with van der Waals surface area (Å²) in [7, 11) is 0. The molecule has 4 rings (SSSR count). The molecule has 1 fully saturated rings. The van der Waals surface area contributed by atoms with Crippen LogP contribution in [0.15, 0.2) is 42.5 Å². The Bertz CT molecular complexity index is 903. The summed E-state index contributed by atoms with van der Waals surface area (Å²) >= 11 is 0. The fraction of sp³-hybridized carbons (Fsp3) is 0.417. The van der Waals surface area contributed by atoms with Gasteiger partial charge in [-0.1, -0.05) is 35.9 Å². The van der Waals surface area contributed by atoms with Crippen LogP contribution < -0.4 is 10.1 Å². The Labute approximate surface area is 172 Å². The van der Waals surface area contributed by atoms with Crippen molar-refractivity contribution in [2.75, 3.05) is 19.7 Å². The SMILES string of the molecule is CCNC(=O)COc1ccc2c(c1)[C@H](c1ccc(C)cc1)N(C(=O)C1CC1)CC2. The normalized spacial score (nSPS) is 18.1. The van der Waals surface area contributed by atoms with E-state index in [4.69, 9.17) is 4.74 Å². The van der Waals surface area contributed by atoms with Crippen LogP contribution in [0.25, 0.3) is 0 Å². The Morgan fingerprint density at radius 2 is 1.90 bits per heavy atom. The summed E-state index contributed by atoms with van der Waals surface area (Å²) in [5, 5.41) is 2.74. The maximum absolute atomic E-state index is 13.0. The molecule has 2 amide bonds. The maximum atomic E-state index is 13.0. The Kier molecular flexibility index (Phi) is 5.56.